The third-order valence-corrected chi connectivity index (χ3v) is 3.09. The average molecular weight is 203 g/mol. The first kappa shape index (κ1) is 9.41. The van der Waals surface area contributed by atoms with E-state index in [9.17, 15) is 0 Å². The first-order chi connectivity index (χ1) is 6.84. The van der Waals surface area contributed by atoms with Crippen LogP contribution in [0.4, 0.5) is 0 Å². The standard InChI is InChI=1S/C12H13NS/c1-10-7-8-11(13-10)9-14-12-5-3-2-4-6-12/h2-8,13H,9H2,1H3. The Morgan fingerprint density at radius 1 is 1.07 bits per heavy atom. The molecule has 1 aromatic carbocycles. The van der Waals surface area contributed by atoms with E-state index < -0.39 is 0 Å². The Morgan fingerprint density at radius 2 is 1.86 bits per heavy atom. The highest BCUT2D eigenvalue weighted by molar-refractivity contribution is 7.98. The van der Waals surface area contributed by atoms with Gasteiger partial charge in [0, 0.05) is 22.0 Å². The van der Waals surface area contributed by atoms with Crippen LogP contribution >= 0.6 is 11.8 Å². The van der Waals surface area contributed by atoms with E-state index in [1.165, 1.54) is 16.3 Å². The molecule has 0 aliphatic rings. The lowest BCUT2D eigenvalue weighted by Gasteiger charge is -1.98. The highest BCUT2D eigenvalue weighted by Crippen LogP contribution is 2.21. The van der Waals surface area contributed by atoms with Crippen LogP contribution in [0.3, 0.4) is 0 Å². The summed E-state index contributed by atoms with van der Waals surface area (Å²) in [6.45, 7) is 2.08. The summed E-state index contributed by atoms with van der Waals surface area (Å²) in [7, 11) is 0. The van der Waals surface area contributed by atoms with E-state index in [2.05, 4.69) is 48.3 Å². The lowest BCUT2D eigenvalue weighted by atomic mass is 10.4. The van der Waals surface area contributed by atoms with Crippen LogP contribution in [0.15, 0.2) is 47.4 Å². The lowest BCUT2D eigenvalue weighted by molar-refractivity contribution is 1.17. The average Bonchev–Trinajstić information content (AvgIpc) is 2.63. The van der Waals surface area contributed by atoms with Crippen molar-refractivity contribution in [2.24, 2.45) is 0 Å². The van der Waals surface area contributed by atoms with E-state index in [1.807, 2.05) is 17.8 Å². The monoisotopic (exact) mass is 203 g/mol. The molecule has 2 rings (SSSR count). The first-order valence-corrected chi connectivity index (χ1v) is 5.65. The second kappa shape index (κ2) is 4.38. The highest BCUT2D eigenvalue weighted by Gasteiger charge is 1.96. The molecule has 1 heterocycles. The number of aromatic amines is 1. The maximum Gasteiger partial charge on any atom is 0.0383 e. The normalized spacial score (nSPS) is 10.4. The van der Waals surface area contributed by atoms with Gasteiger partial charge in [-0.25, -0.2) is 0 Å². The van der Waals surface area contributed by atoms with Gasteiger partial charge in [0.05, 0.1) is 0 Å². The van der Waals surface area contributed by atoms with Crippen LogP contribution in [-0.2, 0) is 5.75 Å². The van der Waals surface area contributed by atoms with E-state index in [4.69, 9.17) is 0 Å². The Morgan fingerprint density at radius 3 is 2.50 bits per heavy atom. The molecule has 0 radical (unpaired) electrons. The number of nitrogens with one attached hydrogen (secondary N) is 1. The number of benzene rings is 1. The lowest BCUT2D eigenvalue weighted by Crippen LogP contribution is -1.80. The molecular formula is C12H13NS. The van der Waals surface area contributed by atoms with E-state index in [-0.39, 0.29) is 0 Å². The third kappa shape index (κ3) is 2.42. The number of rotatable bonds is 3. The molecule has 2 heteroatoms. The maximum absolute atomic E-state index is 3.33. The molecule has 0 aliphatic carbocycles. The van der Waals surface area contributed by atoms with Gasteiger partial charge in [0.1, 0.15) is 0 Å². The summed E-state index contributed by atoms with van der Waals surface area (Å²) in [5.74, 6) is 1.01. The third-order valence-electron chi connectivity index (χ3n) is 2.03. The van der Waals surface area contributed by atoms with E-state index in [1.54, 1.807) is 0 Å². The fraction of sp³-hybridized carbons (Fsp3) is 0.167. The van der Waals surface area contributed by atoms with Crippen molar-refractivity contribution in [3.63, 3.8) is 0 Å². The fourth-order valence-electron chi connectivity index (χ4n) is 1.32. The van der Waals surface area contributed by atoms with Gasteiger partial charge < -0.3 is 4.98 Å². The summed E-state index contributed by atoms with van der Waals surface area (Å²) in [6, 6.07) is 14.7. The van der Waals surface area contributed by atoms with E-state index in [0.29, 0.717) is 0 Å². The Balaban J connectivity index is 1.95. The number of hydrogen-bond donors (Lipinski definition) is 1. The quantitative estimate of drug-likeness (QED) is 0.753. The second-order valence-electron chi connectivity index (χ2n) is 3.27. The molecule has 0 amide bonds. The molecule has 0 spiro atoms. The Labute approximate surface area is 88.6 Å². The summed E-state index contributed by atoms with van der Waals surface area (Å²) in [6.07, 6.45) is 0. The molecule has 2 aromatic rings. The van der Waals surface area contributed by atoms with Crippen molar-refractivity contribution in [3.8, 4) is 0 Å². The molecule has 0 atom stereocenters. The highest BCUT2D eigenvalue weighted by atomic mass is 32.2. The summed E-state index contributed by atoms with van der Waals surface area (Å²) in [4.78, 5) is 4.64. The minimum Gasteiger partial charge on any atom is -0.362 e. The van der Waals surface area contributed by atoms with Crippen LogP contribution < -0.4 is 0 Å². The second-order valence-corrected chi connectivity index (χ2v) is 4.32. The molecule has 0 saturated heterocycles. The van der Waals surface area contributed by atoms with Gasteiger partial charge in [-0.1, -0.05) is 18.2 Å². The molecule has 0 saturated carbocycles. The van der Waals surface area contributed by atoms with Gasteiger partial charge in [-0.15, -0.1) is 11.8 Å². The molecule has 1 N–H and O–H groups in total. The summed E-state index contributed by atoms with van der Waals surface area (Å²) < 4.78 is 0. The zero-order chi connectivity index (χ0) is 9.80. The van der Waals surface area contributed by atoms with E-state index >= 15 is 0 Å². The van der Waals surface area contributed by atoms with Gasteiger partial charge in [0.15, 0.2) is 0 Å². The van der Waals surface area contributed by atoms with Crippen LogP contribution in [0.2, 0.25) is 0 Å². The van der Waals surface area contributed by atoms with Crippen molar-refractivity contribution in [2.45, 2.75) is 17.6 Å². The van der Waals surface area contributed by atoms with Gasteiger partial charge in [-0.05, 0) is 31.2 Å². The van der Waals surface area contributed by atoms with Crippen LogP contribution in [-0.4, -0.2) is 4.98 Å². The first-order valence-electron chi connectivity index (χ1n) is 4.67. The maximum atomic E-state index is 3.33. The SMILES string of the molecule is Cc1ccc(CSc2ccccc2)[nH]1. The van der Waals surface area contributed by atoms with Crippen molar-refractivity contribution < 1.29 is 0 Å². The molecule has 0 fully saturated rings. The van der Waals surface area contributed by atoms with Crippen LogP contribution in [0.5, 0.6) is 0 Å². The van der Waals surface area contributed by atoms with Gasteiger partial charge in [0.2, 0.25) is 0 Å². The Hall–Kier alpha value is -1.15. The molecule has 0 aliphatic heterocycles. The molecule has 1 nitrogen and oxygen atoms in total. The van der Waals surface area contributed by atoms with Gasteiger partial charge in [-0.3, -0.25) is 0 Å². The molecule has 14 heavy (non-hydrogen) atoms. The minimum absolute atomic E-state index is 1.01. The topological polar surface area (TPSA) is 15.8 Å². The molecule has 0 unspecified atom stereocenters. The van der Waals surface area contributed by atoms with Gasteiger partial charge in [-0.2, -0.15) is 0 Å². The van der Waals surface area contributed by atoms with Crippen LogP contribution in [0.25, 0.3) is 0 Å². The smallest absolute Gasteiger partial charge is 0.0383 e. The Bertz CT molecular complexity index is 392. The summed E-state index contributed by atoms with van der Waals surface area (Å²) in [5.41, 5.74) is 2.52. The fourth-order valence-corrected chi connectivity index (χ4v) is 2.16. The minimum atomic E-state index is 1.01. The van der Waals surface area contributed by atoms with Gasteiger partial charge >= 0.3 is 0 Å². The molecular weight excluding hydrogens is 190 g/mol. The zero-order valence-corrected chi connectivity index (χ0v) is 8.97. The van der Waals surface area contributed by atoms with Crippen molar-refractivity contribution in [2.75, 3.05) is 0 Å². The van der Waals surface area contributed by atoms with Gasteiger partial charge in [0.25, 0.3) is 0 Å². The zero-order valence-electron chi connectivity index (χ0n) is 8.16. The number of aromatic nitrogens is 1. The number of H-pyrrole nitrogens is 1. The van der Waals surface area contributed by atoms with Crippen molar-refractivity contribution >= 4 is 11.8 Å². The van der Waals surface area contributed by atoms with Crippen LogP contribution in [0.1, 0.15) is 11.4 Å². The number of aryl methyl sites for hydroxylation is 1. The van der Waals surface area contributed by atoms with Crippen molar-refractivity contribution in [3.05, 3.63) is 53.9 Å². The molecule has 0 bridgehead atoms. The van der Waals surface area contributed by atoms with E-state index in [0.717, 1.165) is 5.75 Å². The summed E-state index contributed by atoms with van der Waals surface area (Å²) in [5, 5.41) is 0. The van der Waals surface area contributed by atoms with Crippen molar-refractivity contribution in [1.29, 1.82) is 0 Å². The molecule has 72 valence electrons. The number of thioether (sulfide) groups is 1. The predicted octanol–water partition coefficient (Wildman–Crippen LogP) is 3.62. The van der Waals surface area contributed by atoms with Crippen LogP contribution in [0, 0.1) is 6.92 Å². The summed E-state index contributed by atoms with van der Waals surface area (Å²) >= 11 is 1.86. The largest absolute Gasteiger partial charge is 0.362 e. The number of hydrogen-bond acceptors (Lipinski definition) is 1. The Kier molecular flexibility index (Phi) is 2.94. The predicted molar refractivity (Wildman–Crippen MR) is 61.5 cm³/mol. The van der Waals surface area contributed by atoms with Crippen molar-refractivity contribution in [1.82, 2.24) is 4.98 Å². The molecule has 1 aromatic heterocycles.